The van der Waals surface area contributed by atoms with E-state index in [1.165, 1.54) is 0 Å². The van der Waals surface area contributed by atoms with E-state index in [-0.39, 0.29) is 11.9 Å². The highest BCUT2D eigenvalue weighted by Crippen LogP contribution is 2.23. The summed E-state index contributed by atoms with van der Waals surface area (Å²) in [5.41, 5.74) is 1.87. The number of aromatic nitrogens is 1. The van der Waals surface area contributed by atoms with Crippen LogP contribution in [0.3, 0.4) is 0 Å². The Morgan fingerprint density at radius 2 is 1.88 bits per heavy atom. The molecular weight excluding hydrogens is 336 g/mol. The molecule has 128 valence electrons. The van der Waals surface area contributed by atoms with Gasteiger partial charge in [0.05, 0.1) is 12.2 Å². The maximum atomic E-state index is 12.2. The second-order valence-corrected chi connectivity index (χ2v) is 6.20. The van der Waals surface area contributed by atoms with Crippen LogP contribution in [-0.2, 0) is 11.2 Å². The minimum Gasteiger partial charge on any atom is -0.441 e. The molecule has 0 bridgehead atoms. The first-order valence-electron chi connectivity index (χ1n) is 8.17. The zero-order valence-electron chi connectivity index (χ0n) is 13.9. The van der Waals surface area contributed by atoms with Crippen LogP contribution < -0.4 is 5.32 Å². The molecule has 0 saturated heterocycles. The van der Waals surface area contributed by atoms with E-state index in [4.69, 9.17) is 16.0 Å². The van der Waals surface area contributed by atoms with E-state index >= 15 is 0 Å². The van der Waals surface area contributed by atoms with Crippen LogP contribution in [0.25, 0.3) is 11.3 Å². The Hall–Kier alpha value is -2.59. The lowest BCUT2D eigenvalue weighted by molar-refractivity contribution is -0.121. The van der Waals surface area contributed by atoms with E-state index in [1.54, 1.807) is 6.20 Å². The van der Waals surface area contributed by atoms with Gasteiger partial charge in [0.25, 0.3) is 0 Å². The highest BCUT2D eigenvalue weighted by Gasteiger charge is 2.13. The van der Waals surface area contributed by atoms with Gasteiger partial charge in [-0.05, 0) is 18.6 Å². The summed E-state index contributed by atoms with van der Waals surface area (Å²) < 4.78 is 5.72. The van der Waals surface area contributed by atoms with Crippen LogP contribution in [0.1, 0.15) is 30.8 Å². The average Bonchev–Trinajstić information content (AvgIpc) is 3.10. The zero-order valence-corrected chi connectivity index (χ0v) is 14.7. The SMILES string of the molecule is CC(NC(=O)CCc1ncc(-c2ccccc2)o1)c1ccccc1Cl. The minimum atomic E-state index is -0.148. The van der Waals surface area contributed by atoms with Gasteiger partial charge in [-0.25, -0.2) is 4.98 Å². The number of carbonyl (C=O) groups is 1. The van der Waals surface area contributed by atoms with Crippen LogP contribution in [0.2, 0.25) is 5.02 Å². The molecule has 0 aliphatic heterocycles. The van der Waals surface area contributed by atoms with Gasteiger partial charge in [0.2, 0.25) is 5.91 Å². The van der Waals surface area contributed by atoms with Crippen molar-refractivity contribution in [2.24, 2.45) is 0 Å². The fourth-order valence-corrected chi connectivity index (χ4v) is 2.90. The molecule has 1 aromatic heterocycles. The molecule has 1 unspecified atom stereocenters. The fraction of sp³-hybridized carbons (Fsp3) is 0.200. The average molecular weight is 355 g/mol. The number of amides is 1. The van der Waals surface area contributed by atoms with Gasteiger partial charge in [-0.3, -0.25) is 4.79 Å². The first-order valence-corrected chi connectivity index (χ1v) is 8.55. The predicted molar refractivity (Wildman–Crippen MR) is 98.3 cm³/mol. The third-order valence-corrected chi connectivity index (χ3v) is 4.27. The normalized spacial score (nSPS) is 11.9. The Bertz CT molecular complexity index is 846. The Balaban J connectivity index is 1.54. The monoisotopic (exact) mass is 354 g/mol. The van der Waals surface area contributed by atoms with Gasteiger partial charge in [0.1, 0.15) is 0 Å². The first-order chi connectivity index (χ1) is 12.1. The number of rotatable bonds is 6. The lowest BCUT2D eigenvalue weighted by atomic mass is 10.1. The fourth-order valence-electron chi connectivity index (χ4n) is 2.60. The zero-order chi connectivity index (χ0) is 17.6. The summed E-state index contributed by atoms with van der Waals surface area (Å²) in [4.78, 5) is 16.4. The van der Waals surface area contributed by atoms with Crippen molar-refractivity contribution in [3.05, 3.63) is 77.3 Å². The van der Waals surface area contributed by atoms with E-state index in [9.17, 15) is 4.79 Å². The van der Waals surface area contributed by atoms with Crippen LogP contribution in [0, 0.1) is 0 Å². The lowest BCUT2D eigenvalue weighted by Crippen LogP contribution is -2.27. The van der Waals surface area contributed by atoms with E-state index in [2.05, 4.69) is 10.3 Å². The molecule has 1 heterocycles. The van der Waals surface area contributed by atoms with Crippen LogP contribution in [-0.4, -0.2) is 10.9 Å². The van der Waals surface area contributed by atoms with Crippen molar-refractivity contribution in [2.75, 3.05) is 0 Å². The topological polar surface area (TPSA) is 55.1 Å². The number of halogens is 1. The number of nitrogens with one attached hydrogen (secondary N) is 1. The molecule has 25 heavy (non-hydrogen) atoms. The van der Waals surface area contributed by atoms with Crippen LogP contribution in [0.15, 0.2) is 65.2 Å². The maximum Gasteiger partial charge on any atom is 0.220 e. The Morgan fingerprint density at radius 1 is 1.16 bits per heavy atom. The molecule has 0 fully saturated rings. The molecule has 0 aliphatic rings. The van der Waals surface area contributed by atoms with E-state index in [0.717, 1.165) is 11.1 Å². The highest BCUT2D eigenvalue weighted by atomic mass is 35.5. The molecule has 3 aromatic rings. The molecule has 1 N–H and O–H groups in total. The molecule has 2 aromatic carbocycles. The van der Waals surface area contributed by atoms with Gasteiger partial charge in [-0.2, -0.15) is 0 Å². The number of nitrogens with zero attached hydrogens (tertiary/aromatic N) is 1. The highest BCUT2D eigenvalue weighted by molar-refractivity contribution is 6.31. The van der Waals surface area contributed by atoms with Gasteiger partial charge in [-0.15, -0.1) is 0 Å². The molecule has 3 rings (SSSR count). The van der Waals surface area contributed by atoms with E-state index < -0.39 is 0 Å². The number of hydrogen-bond acceptors (Lipinski definition) is 3. The molecule has 0 aliphatic carbocycles. The standard InChI is InChI=1S/C20H19ClN2O2/c1-14(16-9-5-6-10-17(16)21)23-19(24)11-12-20-22-13-18(25-20)15-7-3-2-4-8-15/h2-10,13-14H,11-12H2,1H3,(H,23,24). The summed E-state index contributed by atoms with van der Waals surface area (Å²) in [7, 11) is 0. The minimum absolute atomic E-state index is 0.0631. The number of oxazole rings is 1. The Morgan fingerprint density at radius 3 is 2.64 bits per heavy atom. The Kier molecular flexibility index (Phi) is 5.51. The van der Waals surface area contributed by atoms with Gasteiger partial charge >= 0.3 is 0 Å². The van der Waals surface area contributed by atoms with Gasteiger partial charge in [0, 0.05) is 23.4 Å². The van der Waals surface area contributed by atoms with E-state index in [1.807, 2.05) is 61.5 Å². The van der Waals surface area contributed by atoms with E-state index in [0.29, 0.717) is 29.5 Å². The van der Waals surface area contributed by atoms with Gasteiger partial charge < -0.3 is 9.73 Å². The second-order valence-electron chi connectivity index (χ2n) is 5.79. The Labute approximate surface area is 151 Å². The van der Waals surface area contributed by atoms with Crippen LogP contribution in [0.5, 0.6) is 0 Å². The molecule has 5 heteroatoms. The summed E-state index contributed by atoms with van der Waals surface area (Å²) >= 11 is 6.16. The third-order valence-electron chi connectivity index (χ3n) is 3.93. The molecule has 4 nitrogen and oxygen atoms in total. The summed E-state index contributed by atoms with van der Waals surface area (Å²) in [6, 6.07) is 17.1. The van der Waals surface area contributed by atoms with Crippen molar-refractivity contribution in [3.8, 4) is 11.3 Å². The van der Waals surface area contributed by atoms with Gasteiger partial charge in [0.15, 0.2) is 11.7 Å². The van der Waals surface area contributed by atoms with Crippen molar-refractivity contribution >= 4 is 17.5 Å². The van der Waals surface area contributed by atoms with Crippen molar-refractivity contribution < 1.29 is 9.21 Å². The maximum absolute atomic E-state index is 12.2. The number of aryl methyl sites for hydroxylation is 1. The second kappa shape index (κ2) is 7.99. The number of hydrogen-bond donors (Lipinski definition) is 1. The van der Waals surface area contributed by atoms with Crippen molar-refractivity contribution in [3.63, 3.8) is 0 Å². The molecular formula is C20H19ClN2O2. The lowest BCUT2D eigenvalue weighted by Gasteiger charge is -2.15. The molecule has 0 spiro atoms. The predicted octanol–water partition coefficient (Wildman–Crippen LogP) is 4.81. The first kappa shape index (κ1) is 17.2. The van der Waals surface area contributed by atoms with Crippen LogP contribution >= 0.6 is 11.6 Å². The van der Waals surface area contributed by atoms with Crippen molar-refractivity contribution in [1.82, 2.24) is 10.3 Å². The third kappa shape index (κ3) is 4.48. The molecule has 0 saturated carbocycles. The molecule has 1 atom stereocenters. The quantitative estimate of drug-likeness (QED) is 0.691. The molecule has 0 radical (unpaired) electrons. The largest absolute Gasteiger partial charge is 0.441 e. The number of carbonyl (C=O) groups excluding carboxylic acids is 1. The molecule has 1 amide bonds. The smallest absolute Gasteiger partial charge is 0.220 e. The summed E-state index contributed by atoms with van der Waals surface area (Å²) in [5.74, 6) is 1.20. The van der Waals surface area contributed by atoms with Crippen molar-refractivity contribution in [2.45, 2.75) is 25.8 Å². The summed E-state index contributed by atoms with van der Waals surface area (Å²) in [6.07, 6.45) is 2.45. The summed E-state index contributed by atoms with van der Waals surface area (Å²) in [5, 5.41) is 3.60. The van der Waals surface area contributed by atoms with Crippen LogP contribution in [0.4, 0.5) is 0 Å². The summed E-state index contributed by atoms with van der Waals surface area (Å²) in [6.45, 7) is 1.91. The number of benzene rings is 2. The van der Waals surface area contributed by atoms with Gasteiger partial charge in [-0.1, -0.05) is 60.1 Å². The van der Waals surface area contributed by atoms with Crippen molar-refractivity contribution in [1.29, 1.82) is 0 Å².